The van der Waals surface area contributed by atoms with Gasteiger partial charge in [0.1, 0.15) is 0 Å². The molecule has 2 unspecified atom stereocenters. The fourth-order valence-electron chi connectivity index (χ4n) is 3.52. The molecule has 3 heteroatoms. The Morgan fingerprint density at radius 2 is 2.00 bits per heavy atom. The van der Waals surface area contributed by atoms with E-state index in [2.05, 4.69) is 49.8 Å². The minimum atomic E-state index is 0.139. The number of aromatic nitrogens is 1. The number of hydrogen-bond donors (Lipinski definition) is 1. The van der Waals surface area contributed by atoms with Crippen molar-refractivity contribution in [3.05, 3.63) is 30.1 Å². The molecule has 1 aliphatic carbocycles. The van der Waals surface area contributed by atoms with E-state index < -0.39 is 0 Å². The Hall–Kier alpha value is -0.930. The maximum atomic E-state index is 6.43. The topological polar surface area (TPSA) is 42.1 Å². The minimum Gasteiger partial charge on any atom is -0.326 e. The van der Waals surface area contributed by atoms with Crippen molar-refractivity contribution < 1.29 is 0 Å². The Morgan fingerprint density at radius 3 is 2.52 bits per heavy atom. The van der Waals surface area contributed by atoms with Crippen LogP contribution in [0.5, 0.6) is 0 Å². The Kier molecular flexibility index (Phi) is 5.39. The van der Waals surface area contributed by atoms with Crippen molar-refractivity contribution in [3.8, 4) is 0 Å². The van der Waals surface area contributed by atoms with Gasteiger partial charge in [0.2, 0.25) is 0 Å². The van der Waals surface area contributed by atoms with Crippen LogP contribution in [-0.4, -0.2) is 29.0 Å². The number of nitrogens with zero attached hydrogens (tertiary/aromatic N) is 2. The van der Waals surface area contributed by atoms with Crippen LogP contribution in [0, 0.1) is 5.41 Å². The van der Waals surface area contributed by atoms with Gasteiger partial charge in [-0.2, -0.15) is 0 Å². The van der Waals surface area contributed by atoms with Gasteiger partial charge < -0.3 is 5.73 Å². The summed E-state index contributed by atoms with van der Waals surface area (Å²) >= 11 is 0. The average Bonchev–Trinajstić information content (AvgIpc) is 2.48. The van der Waals surface area contributed by atoms with Gasteiger partial charge in [-0.3, -0.25) is 9.88 Å². The SMILES string of the molecule is CCC(N)C(c1ccccn1)N(C)C1CCC(C)(C)CC1. The quantitative estimate of drug-likeness (QED) is 0.897. The van der Waals surface area contributed by atoms with E-state index in [1.807, 2.05) is 12.3 Å². The van der Waals surface area contributed by atoms with Gasteiger partial charge in [0.25, 0.3) is 0 Å². The molecule has 1 aliphatic rings. The molecule has 3 nitrogen and oxygen atoms in total. The third-order valence-electron chi connectivity index (χ3n) is 5.19. The van der Waals surface area contributed by atoms with Gasteiger partial charge in [-0.1, -0.05) is 26.8 Å². The van der Waals surface area contributed by atoms with Crippen molar-refractivity contribution in [2.75, 3.05) is 7.05 Å². The van der Waals surface area contributed by atoms with Gasteiger partial charge in [0.15, 0.2) is 0 Å². The lowest BCUT2D eigenvalue weighted by Gasteiger charge is -2.43. The van der Waals surface area contributed by atoms with Crippen LogP contribution in [0.15, 0.2) is 24.4 Å². The van der Waals surface area contributed by atoms with Crippen LogP contribution in [-0.2, 0) is 0 Å². The Morgan fingerprint density at radius 1 is 1.33 bits per heavy atom. The second-order valence-electron chi connectivity index (χ2n) is 7.33. The van der Waals surface area contributed by atoms with E-state index in [1.165, 1.54) is 25.7 Å². The van der Waals surface area contributed by atoms with E-state index in [0.717, 1.165) is 12.1 Å². The molecule has 0 radical (unpaired) electrons. The van der Waals surface area contributed by atoms with Crippen LogP contribution < -0.4 is 5.73 Å². The van der Waals surface area contributed by atoms with Crippen LogP contribution in [0.1, 0.15) is 64.6 Å². The Bertz CT molecular complexity index is 419. The molecular weight excluding hydrogens is 258 g/mol. The smallest absolute Gasteiger partial charge is 0.0673 e. The first-order chi connectivity index (χ1) is 9.94. The Balaban J connectivity index is 2.14. The molecule has 2 N–H and O–H groups in total. The van der Waals surface area contributed by atoms with Crippen molar-refractivity contribution in [2.45, 2.75) is 71.0 Å². The number of hydrogen-bond acceptors (Lipinski definition) is 3. The second-order valence-corrected chi connectivity index (χ2v) is 7.33. The molecule has 1 heterocycles. The summed E-state index contributed by atoms with van der Waals surface area (Å²) in [6.45, 7) is 6.94. The van der Waals surface area contributed by atoms with E-state index in [4.69, 9.17) is 5.73 Å². The van der Waals surface area contributed by atoms with Crippen LogP contribution in [0.2, 0.25) is 0 Å². The third kappa shape index (κ3) is 4.04. The van der Waals surface area contributed by atoms with E-state index in [0.29, 0.717) is 11.5 Å². The maximum Gasteiger partial charge on any atom is 0.0673 e. The summed E-state index contributed by atoms with van der Waals surface area (Å²) in [4.78, 5) is 7.06. The molecule has 0 aliphatic heterocycles. The summed E-state index contributed by atoms with van der Waals surface area (Å²) in [6, 6.07) is 7.14. The van der Waals surface area contributed by atoms with Crippen LogP contribution in [0.25, 0.3) is 0 Å². The van der Waals surface area contributed by atoms with Crippen molar-refractivity contribution in [1.82, 2.24) is 9.88 Å². The van der Waals surface area contributed by atoms with Gasteiger partial charge in [-0.25, -0.2) is 0 Å². The first kappa shape index (κ1) is 16.4. The van der Waals surface area contributed by atoms with Crippen LogP contribution in [0.4, 0.5) is 0 Å². The van der Waals surface area contributed by atoms with E-state index >= 15 is 0 Å². The molecule has 1 saturated carbocycles. The summed E-state index contributed by atoms with van der Waals surface area (Å²) in [6.07, 6.45) is 8.00. The van der Waals surface area contributed by atoms with Crippen LogP contribution >= 0.6 is 0 Å². The molecular formula is C18H31N3. The maximum absolute atomic E-state index is 6.43. The molecule has 21 heavy (non-hydrogen) atoms. The lowest BCUT2D eigenvalue weighted by atomic mass is 9.75. The van der Waals surface area contributed by atoms with Gasteiger partial charge in [-0.05, 0) is 56.7 Å². The van der Waals surface area contributed by atoms with Crippen LogP contribution in [0.3, 0.4) is 0 Å². The predicted octanol–water partition coefficient (Wildman–Crippen LogP) is 3.76. The lowest BCUT2D eigenvalue weighted by Crippen LogP contribution is -2.46. The van der Waals surface area contributed by atoms with Crippen molar-refractivity contribution in [3.63, 3.8) is 0 Å². The molecule has 0 saturated heterocycles. The highest BCUT2D eigenvalue weighted by Gasteiger charge is 2.34. The largest absolute Gasteiger partial charge is 0.326 e. The van der Waals surface area contributed by atoms with Crippen molar-refractivity contribution in [1.29, 1.82) is 0 Å². The van der Waals surface area contributed by atoms with Crippen molar-refractivity contribution >= 4 is 0 Å². The summed E-state index contributed by atoms with van der Waals surface area (Å²) in [5.74, 6) is 0. The first-order valence-corrected chi connectivity index (χ1v) is 8.33. The molecule has 2 rings (SSSR count). The molecule has 0 spiro atoms. The molecule has 1 aromatic heterocycles. The van der Waals surface area contributed by atoms with Gasteiger partial charge in [0, 0.05) is 18.3 Å². The van der Waals surface area contributed by atoms with Crippen molar-refractivity contribution in [2.24, 2.45) is 11.1 Å². The number of pyridine rings is 1. The lowest BCUT2D eigenvalue weighted by molar-refractivity contribution is 0.0809. The zero-order valence-corrected chi connectivity index (χ0v) is 14.0. The molecule has 118 valence electrons. The van der Waals surface area contributed by atoms with E-state index in [1.54, 1.807) is 0 Å². The third-order valence-corrected chi connectivity index (χ3v) is 5.19. The first-order valence-electron chi connectivity index (χ1n) is 8.33. The van der Waals surface area contributed by atoms with E-state index in [-0.39, 0.29) is 12.1 Å². The monoisotopic (exact) mass is 289 g/mol. The summed E-state index contributed by atoms with van der Waals surface area (Å²) in [5.41, 5.74) is 8.04. The molecule has 1 aromatic rings. The highest BCUT2D eigenvalue weighted by molar-refractivity contribution is 5.12. The number of nitrogens with two attached hydrogens (primary N) is 1. The average molecular weight is 289 g/mol. The summed E-state index contributed by atoms with van der Waals surface area (Å²) in [5, 5.41) is 0. The minimum absolute atomic E-state index is 0.139. The molecule has 2 atom stereocenters. The number of likely N-dealkylation sites (N-methyl/N-ethyl adjacent to an activating group) is 1. The molecule has 0 bridgehead atoms. The van der Waals surface area contributed by atoms with Gasteiger partial charge >= 0.3 is 0 Å². The zero-order chi connectivity index (χ0) is 15.5. The fraction of sp³-hybridized carbons (Fsp3) is 0.722. The Labute approximate surface area is 129 Å². The highest BCUT2D eigenvalue weighted by atomic mass is 15.2. The molecule has 1 fully saturated rings. The van der Waals surface area contributed by atoms with E-state index in [9.17, 15) is 0 Å². The van der Waals surface area contributed by atoms with Gasteiger partial charge in [-0.15, -0.1) is 0 Å². The predicted molar refractivity (Wildman–Crippen MR) is 89.0 cm³/mol. The summed E-state index contributed by atoms with van der Waals surface area (Å²) < 4.78 is 0. The zero-order valence-electron chi connectivity index (χ0n) is 14.0. The summed E-state index contributed by atoms with van der Waals surface area (Å²) in [7, 11) is 2.23. The second kappa shape index (κ2) is 6.89. The fourth-order valence-corrected chi connectivity index (χ4v) is 3.52. The molecule has 0 amide bonds. The standard InChI is InChI=1S/C18H31N3/c1-5-15(19)17(16-8-6-7-13-20-16)21(4)14-9-11-18(2,3)12-10-14/h6-8,13-15,17H,5,9-12,19H2,1-4H3. The number of rotatable bonds is 5. The van der Waals surface area contributed by atoms with Gasteiger partial charge in [0.05, 0.1) is 11.7 Å². The highest BCUT2D eigenvalue weighted by Crippen LogP contribution is 2.38. The normalized spacial score (nSPS) is 22.2. The molecule has 0 aromatic carbocycles.